The molecule has 0 bridgehead atoms. The van der Waals surface area contributed by atoms with Crippen molar-refractivity contribution in [3.8, 4) is 0 Å². The normalized spacial score (nSPS) is 15.6. The highest BCUT2D eigenvalue weighted by molar-refractivity contribution is 7.89. The van der Waals surface area contributed by atoms with E-state index < -0.39 is 15.9 Å². The van der Waals surface area contributed by atoms with E-state index >= 15 is 0 Å². The zero-order chi connectivity index (χ0) is 19.3. The summed E-state index contributed by atoms with van der Waals surface area (Å²) in [7, 11) is -3.76. The number of benzene rings is 2. The van der Waals surface area contributed by atoms with Crippen molar-refractivity contribution >= 4 is 33.2 Å². The van der Waals surface area contributed by atoms with Crippen LogP contribution in [0, 0.1) is 0 Å². The van der Waals surface area contributed by atoms with Crippen LogP contribution in [0.1, 0.15) is 32.1 Å². The van der Waals surface area contributed by atoms with Gasteiger partial charge in [0.05, 0.1) is 22.2 Å². The largest absolute Gasteiger partial charge is 0.324 e. The topological polar surface area (TPSA) is 66.5 Å². The summed E-state index contributed by atoms with van der Waals surface area (Å²) >= 11 is 6.09. The maximum atomic E-state index is 13.2. The minimum absolute atomic E-state index is 0.166. The molecule has 1 aliphatic carbocycles. The van der Waals surface area contributed by atoms with Crippen molar-refractivity contribution in [1.82, 2.24) is 4.31 Å². The second kappa shape index (κ2) is 8.87. The zero-order valence-electron chi connectivity index (χ0n) is 15.0. The van der Waals surface area contributed by atoms with Gasteiger partial charge in [0, 0.05) is 6.04 Å². The van der Waals surface area contributed by atoms with E-state index in [9.17, 15) is 13.2 Å². The van der Waals surface area contributed by atoms with Gasteiger partial charge in [0.2, 0.25) is 15.9 Å². The fourth-order valence-electron chi connectivity index (χ4n) is 3.40. The van der Waals surface area contributed by atoms with E-state index in [1.165, 1.54) is 4.31 Å². The number of para-hydroxylation sites is 1. The van der Waals surface area contributed by atoms with Gasteiger partial charge in [-0.25, -0.2) is 8.42 Å². The van der Waals surface area contributed by atoms with Crippen LogP contribution in [0.5, 0.6) is 0 Å². The Hall–Kier alpha value is -1.89. The molecule has 0 aliphatic heterocycles. The number of anilines is 1. The van der Waals surface area contributed by atoms with Gasteiger partial charge in [0.15, 0.2) is 0 Å². The lowest BCUT2D eigenvalue weighted by Crippen LogP contribution is -2.45. The van der Waals surface area contributed by atoms with Crippen LogP contribution in [0.3, 0.4) is 0 Å². The van der Waals surface area contributed by atoms with Crippen molar-refractivity contribution in [1.29, 1.82) is 0 Å². The van der Waals surface area contributed by atoms with Crippen LogP contribution in [-0.2, 0) is 14.8 Å². The summed E-state index contributed by atoms with van der Waals surface area (Å²) in [5.41, 5.74) is 0.477. The number of sulfonamides is 1. The Morgan fingerprint density at radius 1 is 1.00 bits per heavy atom. The van der Waals surface area contributed by atoms with Gasteiger partial charge in [-0.1, -0.05) is 61.2 Å². The number of hydrogen-bond acceptors (Lipinski definition) is 3. The third kappa shape index (κ3) is 4.89. The molecule has 0 aromatic heterocycles. The van der Waals surface area contributed by atoms with Gasteiger partial charge >= 0.3 is 0 Å². The highest BCUT2D eigenvalue weighted by Crippen LogP contribution is 2.28. The lowest BCUT2D eigenvalue weighted by atomic mass is 9.95. The molecule has 2 aromatic carbocycles. The Morgan fingerprint density at radius 3 is 2.30 bits per heavy atom. The first kappa shape index (κ1) is 19.9. The number of halogens is 1. The summed E-state index contributed by atoms with van der Waals surface area (Å²) < 4.78 is 27.8. The van der Waals surface area contributed by atoms with E-state index in [1.54, 1.807) is 54.6 Å². The Kier molecular flexibility index (Phi) is 6.52. The Morgan fingerprint density at radius 2 is 1.63 bits per heavy atom. The first-order valence-corrected chi connectivity index (χ1v) is 10.9. The first-order valence-electron chi connectivity index (χ1n) is 9.10. The van der Waals surface area contributed by atoms with Crippen LogP contribution in [-0.4, -0.2) is 31.2 Å². The molecule has 1 amide bonds. The molecular formula is C20H23ClN2O3S. The third-order valence-electron chi connectivity index (χ3n) is 4.78. The standard InChI is InChI=1S/C20H23ClN2O3S/c21-18-13-7-8-14-19(18)22-20(24)15-23(16-9-3-1-4-10-16)27(25,26)17-11-5-2-6-12-17/h2,5-8,11-14,16H,1,3-4,9-10,15H2,(H,22,24). The molecule has 27 heavy (non-hydrogen) atoms. The lowest BCUT2D eigenvalue weighted by molar-refractivity contribution is -0.116. The highest BCUT2D eigenvalue weighted by Gasteiger charge is 2.33. The lowest BCUT2D eigenvalue weighted by Gasteiger charge is -2.33. The second-order valence-corrected chi connectivity index (χ2v) is 8.98. The van der Waals surface area contributed by atoms with Gasteiger partial charge < -0.3 is 5.32 Å². The highest BCUT2D eigenvalue weighted by atomic mass is 35.5. The van der Waals surface area contributed by atoms with Crippen LogP contribution in [0.15, 0.2) is 59.5 Å². The molecule has 5 nitrogen and oxygen atoms in total. The minimum Gasteiger partial charge on any atom is -0.324 e. The van der Waals surface area contributed by atoms with E-state index in [4.69, 9.17) is 11.6 Å². The van der Waals surface area contributed by atoms with E-state index in [0.29, 0.717) is 10.7 Å². The summed E-state index contributed by atoms with van der Waals surface area (Å²) in [6, 6.07) is 15.0. The molecule has 0 radical (unpaired) electrons. The fourth-order valence-corrected chi connectivity index (χ4v) is 5.25. The molecule has 144 valence electrons. The van der Waals surface area contributed by atoms with Crippen LogP contribution in [0.2, 0.25) is 5.02 Å². The SMILES string of the molecule is O=C(CN(C1CCCCC1)S(=O)(=O)c1ccccc1)Nc1ccccc1Cl. The Labute approximate surface area is 165 Å². The van der Waals surface area contributed by atoms with Crippen molar-refractivity contribution in [2.45, 2.75) is 43.0 Å². The zero-order valence-corrected chi connectivity index (χ0v) is 16.5. The number of carbonyl (C=O) groups is 1. The summed E-state index contributed by atoms with van der Waals surface area (Å²) in [5.74, 6) is -0.395. The van der Waals surface area contributed by atoms with E-state index in [-0.39, 0.29) is 17.5 Å². The van der Waals surface area contributed by atoms with Gasteiger partial charge in [-0.2, -0.15) is 4.31 Å². The first-order chi connectivity index (χ1) is 13.0. The van der Waals surface area contributed by atoms with Crippen molar-refractivity contribution in [3.05, 3.63) is 59.6 Å². The van der Waals surface area contributed by atoms with Crippen LogP contribution in [0.25, 0.3) is 0 Å². The molecule has 3 rings (SSSR count). The monoisotopic (exact) mass is 406 g/mol. The van der Waals surface area contributed by atoms with Gasteiger partial charge in [0.25, 0.3) is 0 Å². The second-order valence-electron chi connectivity index (χ2n) is 6.68. The third-order valence-corrected chi connectivity index (χ3v) is 7.02. The fraction of sp³-hybridized carbons (Fsp3) is 0.350. The summed E-state index contributed by atoms with van der Waals surface area (Å²) in [6.45, 7) is -0.229. The van der Waals surface area contributed by atoms with Crippen LogP contribution in [0.4, 0.5) is 5.69 Å². The van der Waals surface area contributed by atoms with E-state index in [1.807, 2.05) is 0 Å². The van der Waals surface area contributed by atoms with Gasteiger partial charge in [-0.3, -0.25) is 4.79 Å². The van der Waals surface area contributed by atoms with Crippen molar-refractivity contribution in [2.75, 3.05) is 11.9 Å². The van der Waals surface area contributed by atoms with Crippen molar-refractivity contribution in [2.24, 2.45) is 0 Å². The molecule has 0 spiro atoms. The maximum Gasteiger partial charge on any atom is 0.243 e. The summed E-state index contributed by atoms with van der Waals surface area (Å²) in [4.78, 5) is 12.8. The van der Waals surface area contributed by atoms with Gasteiger partial charge in [-0.15, -0.1) is 0 Å². The molecule has 2 aromatic rings. The summed E-state index contributed by atoms with van der Waals surface area (Å²) in [6.07, 6.45) is 4.58. The molecule has 1 fully saturated rings. The number of rotatable bonds is 6. The average molecular weight is 407 g/mol. The average Bonchev–Trinajstić information content (AvgIpc) is 2.69. The van der Waals surface area contributed by atoms with E-state index in [0.717, 1.165) is 32.1 Å². The molecule has 0 unspecified atom stereocenters. The number of nitrogens with zero attached hydrogens (tertiary/aromatic N) is 1. The summed E-state index contributed by atoms with van der Waals surface area (Å²) in [5, 5.41) is 3.14. The van der Waals surface area contributed by atoms with Crippen molar-refractivity contribution in [3.63, 3.8) is 0 Å². The molecule has 0 atom stereocenters. The quantitative estimate of drug-likeness (QED) is 0.777. The molecule has 7 heteroatoms. The van der Waals surface area contributed by atoms with Crippen LogP contribution >= 0.6 is 11.6 Å². The number of hydrogen-bond donors (Lipinski definition) is 1. The minimum atomic E-state index is -3.76. The van der Waals surface area contributed by atoms with Gasteiger partial charge in [0.1, 0.15) is 0 Å². The van der Waals surface area contributed by atoms with E-state index in [2.05, 4.69) is 5.32 Å². The molecule has 0 saturated heterocycles. The molecular weight excluding hydrogens is 384 g/mol. The van der Waals surface area contributed by atoms with Crippen molar-refractivity contribution < 1.29 is 13.2 Å². The molecule has 1 N–H and O–H groups in total. The Bertz CT molecular complexity index is 881. The molecule has 1 saturated carbocycles. The maximum absolute atomic E-state index is 13.2. The number of carbonyl (C=O) groups excluding carboxylic acids is 1. The van der Waals surface area contributed by atoms with Gasteiger partial charge in [-0.05, 0) is 37.1 Å². The molecule has 1 aliphatic rings. The number of amides is 1. The van der Waals surface area contributed by atoms with Crippen LogP contribution < -0.4 is 5.32 Å². The smallest absolute Gasteiger partial charge is 0.243 e. The Balaban J connectivity index is 1.84. The predicted molar refractivity (Wildman–Crippen MR) is 107 cm³/mol. The number of nitrogens with one attached hydrogen (secondary N) is 1. The molecule has 0 heterocycles. The predicted octanol–water partition coefficient (Wildman–Crippen LogP) is 4.30.